The third-order valence-electron chi connectivity index (χ3n) is 6.16. The molecular weight excluding hydrogens is 454 g/mol. The van der Waals surface area contributed by atoms with E-state index >= 15 is 0 Å². The van der Waals surface area contributed by atoms with Crippen molar-refractivity contribution in [2.45, 2.75) is 57.9 Å². The summed E-state index contributed by atoms with van der Waals surface area (Å²) in [5.74, 6) is 0.458. The average Bonchev–Trinajstić information content (AvgIpc) is 3.35. The second-order valence-electron chi connectivity index (χ2n) is 8.89. The van der Waals surface area contributed by atoms with Crippen LogP contribution in [0.15, 0.2) is 60.9 Å². The number of hydrogen-bond donors (Lipinski definition) is 3. The van der Waals surface area contributed by atoms with Gasteiger partial charge in [0.15, 0.2) is 0 Å². The average molecular weight is 488 g/mol. The van der Waals surface area contributed by atoms with Crippen molar-refractivity contribution < 1.29 is 14.4 Å². The minimum atomic E-state index is -0.289. The number of aromatic nitrogens is 3. The Morgan fingerprint density at radius 2 is 1.83 bits per heavy atom. The summed E-state index contributed by atoms with van der Waals surface area (Å²) in [6.07, 6.45) is 8.71. The van der Waals surface area contributed by atoms with Gasteiger partial charge in [-0.25, -0.2) is 10.5 Å². The van der Waals surface area contributed by atoms with Crippen LogP contribution >= 0.6 is 0 Å². The van der Waals surface area contributed by atoms with Gasteiger partial charge in [0.25, 0.3) is 5.91 Å². The van der Waals surface area contributed by atoms with Crippen LogP contribution in [0.25, 0.3) is 21.8 Å². The molecule has 0 radical (unpaired) electrons. The van der Waals surface area contributed by atoms with Crippen molar-refractivity contribution >= 4 is 33.6 Å². The molecule has 188 valence electrons. The molecule has 0 aliphatic carbocycles. The Kier molecular flexibility index (Phi) is 8.99. The molecule has 0 aliphatic heterocycles. The number of nitrogens with zero attached hydrogens (tertiary/aromatic N) is 2. The van der Waals surface area contributed by atoms with Crippen molar-refractivity contribution in [1.82, 2.24) is 25.7 Å². The molecule has 36 heavy (non-hydrogen) atoms. The van der Waals surface area contributed by atoms with Gasteiger partial charge in [0.1, 0.15) is 5.82 Å². The summed E-state index contributed by atoms with van der Waals surface area (Å²) < 4.78 is 0. The number of imidazole rings is 1. The van der Waals surface area contributed by atoms with E-state index in [-0.39, 0.29) is 17.9 Å². The summed E-state index contributed by atoms with van der Waals surface area (Å²) in [5, 5.41) is 5.33. The van der Waals surface area contributed by atoms with Gasteiger partial charge in [-0.05, 0) is 42.8 Å². The number of amides is 2. The third-order valence-corrected chi connectivity index (χ3v) is 6.16. The predicted octanol–water partition coefficient (Wildman–Crippen LogP) is 5.38. The largest absolute Gasteiger partial charge is 0.342 e. The number of carbonyl (C=O) groups excluding carboxylic acids is 2. The second kappa shape index (κ2) is 12.8. The minimum absolute atomic E-state index is 0.0993. The van der Waals surface area contributed by atoms with Crippen molar-refractivity contribution in [3.05, 3.63) is 72.3 Å². The summed E-state index contributed by atoms with van der Waals surface area (Å²) in [5.41, 5.74) is 4.88. The molecule has 1 atom stereocenters. The summed E-state index contributed by atoms with van der Waals surface area (Å²) in [7, 11) is 0. The van der Waals surface area contributed by atoms with Crippen LogP contribution in [0.3, 0.4) is 0 Å². The highest BCUT2D eigenvalue weighted by atomic mass is 16.6. The Morgan fingerprint density at radius 3 is 2.67 bits per heavy atom. The number of pyridine rings is 1. The van der Waals surface area contributed by atoms with Gasteiger partial charge in [0.2, 0.25) is 5.91 Å². The zero-order valence-corrected chi connectivity index (χ0v) is 20.6. The normalized spacial score (nSPS) is 12.0. The van der Waals surface area contributed by atoms with Crippen molar-refractivity contribution in [2.24, 2.45) is 0 Å². The first kappa shape index (κ1) is 25.3. The lowest BCUT2D eigenvalue weighted by molar-refractivity contribution is -0.133. The van der Waals surface area contributed by atoms with Crippen LogP contribution in [0, 0.1) is 0 Å². The van der Waals surface area contributed by atoms with Gasteiger partial charge in [-0.15, -0.1) is 0 Å². The zero-order chi connectivity index (χ0) is 25.2. The number of nitrogens with one attached hydrogen (secondary N) is 3. The summed E-state index contributed by atoms with van der Waals surface area (Å²) >= 11 is 0. The SMILES string of the molecule is CCCCONC(=O)CCCCC[C@H](NC(=O)c1ccncc1)c1nc2c(ccc3ccccc32)[nH]1. The molecule has 0 aliphatic rings. The van der Waals surface area contributed by atoms with Crippen LogP contribution in [-0.2, 0) is 9.63 Å². The number of hydroxylamine groups is 1. The van der Waals surface area contributed by atoms with Crippen LogP contribution in [0.1, 0.15) is 74.1 Å². The van der Waals surface area contributed by atoms with Gasteiger partial charge in [0, 0.05) is 29.8 Å². The first-order chi connectivity index (χ1) is 17.7. The third kappa shape index (κ3) is 6.66. The Morgan fingerprint density at radius 1 is 1.00 bits per heavy atom. The molecule has 4 rings (SSSR count). The summed E-state index contributed by atoms with van der Waals surface area (Å²) in [6, 6.07) is 15.3. The molecule has 0 bridgehead atoms. The van der Waals surface area contributed by atoms with Gasteiger partial charge < -0.3 is 10.3 Å². The molecule has 3 N–H and O–H groups in total. The number of carbonyl (C=O) groups is 2. The second-order valence-corrected chi connectivity index (χ2v) is 8.89. The number of fused-ring (bicyclic) bond motifs is 3. The topological polar surface area (TPSA) is 109 Å². The highest BCUT2D eigenvalue weighted by Gasteiger charge is 2.20. The number of rotatable bonds is 13. The van der Waals surface area contributed by atoms with Gasteiger partial charge in [-0.2, -0.15) is 0 Å². The summed E-state index contributed by atoms with van der Waals surface area (Å²) in [6.45, 7) is 2.61. The Hall–Kier alpha value is -3.78. The van der Waals surface area contributed by atoms with Crippen LogP contribution in [-0.4, -0.2) is 33.4 Å². The van der Waals surface area contributed by atoms with Gasteiger partial charge >= 0.3 is 0 Å². The van der Waals surface area contributed by atoms with E-state index in [2.05, 4.69) is 45.9 Å². The molecule has 0 unspecified atom stereocenters. The Balaban J connectivity index is 1.41. The highest BCUT2D eigenvalue weighted by molar-refractivity contribution is 6.04. The fraction of sp³-hybridized carbons (Fsp3) is 0.357. The van der Waals surface area contributed by atoms with E-state index in [0.717, 1.165) is 59.7 Å². The maximum atomic E-state index is 12.9. The first-order valence-electron chi connectivity index (χ1n) is 12.6. The number of hydrogen-bond acceptors (Lipinski definition) is 5. The molecule has 0 saturated carbocycles. The van der Waals surface area contributed by atoms with Crippen LogP contribution < -0.4 is 10.8 Å². The molecule has 0 fully saturated rings. The van der Waals surface area contributed by atoms with E-state index in [9.17, 15) is 9.59 Å². The van der Waals surface area contributed by atoms with Gasteiger partial charge in [-0.3, -0.25) is 19.4 Å². The van der Waals surface area contributed by atoms with Gasteiger partial charge in [-0.1, -0.05) is 56.5 Å². The Labute approximate surface area is 210 Å². The minimum Gasteiger partial charge on any atom is -0.342 e. The molecule has 2 aromatic heterocycles. The monoisotopic (exact) mass is 487 g/mol. The number of unbranched alkanes of at least 4 members (excludes halogenated alkanes) is 3. The molecular formula is C28H33N5O3. The lowest BCUT2D eigenvalue weighted by Crippen LogP contribution is -2.29. The molecule has 0 saturated heterocycles. The predicted molar refractivity (Wildman–Crippen MR) is 140 cm³/mol. The smallest absolute Gasteiger partial charge is 0.251 e. The fourth-order valence-electron chi connectivity index (χ4n) is 4.16. The van der Waals surface area contributed by atoms with E-state index in [4.69, 9.17) is 9.82 Å². The van der Waals surface area contributed by atoms with Crippen molar-refractivity contribution in [2.75, 3.05) is 6.61 Å². The van der Waals surface area contributed by atoms with E-state index in [1.807, 2.05) is 18.2 Å². The molecule has 2 amide bonds. The highest BCUT2D eigenvalue weighted by Crippen LogP contribution is 2.27. The number of benzene rings is 2. The van der Waals surface area contributed by atoms with Crippen LogP contribution in [0.4, 0.5) is 0 Å². The molecule has 0 spiro atoms. The number of H-pyrrole nitrogens is 1. The number of aromatic amines is 1. The molecule has 4 aromatic rings. The van der Waals surface area contributed by atoms with Crippen molar-refractivity contribution in [3.63, 3.8) is 0 Å². The van der Waals surface area contributed by atoms with Gasteiger partial charge in [0.05, 0.1) is 23.7 Å². The zero-order valence-electron chi connectivity index (χ0n) is 20.6. The molecule has 2 heterocycles. The standard InChI is InChI=1S/C28H33N5O3/c1-2-3-19-36-33-25(34)12-6-4-5-11-24(31-28(35)21-15-17-29-18-16-21)27-30-23-14-13-20-9-7-8-10-22(20)26(23)32-27/h7-10,13-18,24H,2-6,11-12,19H2,1H3,(H,30,32)(H,31,35)(H,33,34)/t24-/m0/s1. The fourth-order valence-corrected chi connectivity index (χ4v) is 4.16. The van der Waals surface area contributed by atoms with Crippen molar-refractivity contribution in [1.29, 1.82) is 0 Å². The molecule has 8 nitrogen and oxygen atoms in total. The lowest BCUT2D eigenvalue weighted by Gasteiger charge is -2.17. The van der Waals surface area contributed by atoms with E-state index in [0.29, 0.717) is 25.0 Å². The van der Waals surface area contributed by atoms with E-state index in [1.54, 1.807) is 24.5 Å². The van der Waals surface area contributed by atoms with E-state index in [1.165, 1.54) is 0 Å². The lowest BCUT2D eigenvalue weighted by atomic mass is 10.1. The van der Waals surface area contributed by atoms with Crippen LogP contribution in [0.5, 0.6) is 0 Å². The molecule has 2 aromatic carbocycles. The quantitative estimate of drug-likeness (QED) is 0.173. The van der Waals surface area contributed by atoms with Crippen LogP contribution in [0.2, 0.25) is 0 Å². The maximum Gasteiger partial charge on any atom is 0.251 e. The first-order valence-corrected chi connectivity index (χ1v) is 12.6. The summed E-state index contributed by atoms with van der Waals surface area (Å²) in [4.78, 5) is 42.3. The molecule has 8 heteroatoms. The van der Waals surface area contributed by atoms with E-state index < -0.39 is 0 Å². The van der Waals surface area contributed by atoms with Crippen molar-refractivity contribution in [3.8, 4) is 0 Å². The Bertz CT molecular complexity index is 1290. The maximum absolute atomic E-state index is 12.9.